The molecule has 1 saturated heterocycles. The van der Waals surface area contributed by atoms with Gasteiger partial charge in [-0.25, -0.2) is 14.1 Å². The number of hydrogen-bond donors (Lipinski definition) is 1. The molecule has 0 aliphatic carbocycles. The van der Waals surface area contributed by atoms with Crippen LogP contribution in [0.1, 0.15) is 18.1 Å². The first kappa shape index (κ1) is 24.5. The van der Waals surface area contributed by atoms with Gasteiger partial charge in [-0.05, 0) is 61.0 Å². The molecule has 36 heavy (non-hydrogen) atoms. The maximum absolute atomic E-state index is 13.9. The lowest BCUT2D eigenvalue weighted by atomic mass is 10.1. The standard InChI is InChI=1S/C27H23FN2O6/c1-3-35-20-11-9-19(10-12-20)30-26(32)21(25(31)29-27(30)33)14-17-8-13-23(24(15-17)34-2)36-16-18-6-4-5-7-22(18)28/h4-15H,3,16H2,1-2H3,(H,29,31,33)/b21-14+. The van der Waals surface area contributed by atoms with Crippen molar-refractivity contribution in [3.63, 3.8) is 0 Å². The summed E-state index contributed by atoms with van der Waals surface area (Å²) < 4.78 is 30.4. The zero-order chi connectivity index (χ0) is 25.7. The smallest absolute Gasteiger partial charge is 0.335 e. The third-order valence-electron chi connectivity index (χ3n) is 5.35. The molecule has 0 radical (unpaired) electrons. The van der Waals surface area contributed by atoms with E-state index in [9.17, 15) is 18.8 Å². The molecule has 1 N–H and O–H groups in total. The second kappa shape index (κ2) is 10.7. The molecule has 1 heterocycles. The average molecular weight is 490 g/mol. The van der Waals surface area contributed by atoms with Gasteiger partial charge in [0.15, 0.2) is 11.5 Å². The van der Waals surface area contributed by atoms with Gasteiger partial charge in [0.05, 0.1) is 19.4 Å². The van der Waals surface area contributed by atoms with Gasteiger partial charge in [-0.2, -0.15) is 0 Å². The summed E-state index contributed by atoms with van der Waals surface area (Å²) >= 11 is 0. The molecule has 0 saturated carbocycles. The summed E-state index contributed by atoms with van der Waals surface area (Å²) in [5.74, 6) is -0.705. The molecule has 3 aromatic carbocycles. The number of barbiturate groups is 1. The molecule has 1 aliphatic heterocycles. The van der Waals surface area contributed by atoms with Crippen LogP contribution in [0.2, 0.25) is 0 Å². The fraction of sp³-hybridized carbons (Fsp3) is 0.148. The fourth-order valence-corrected chi connectivity index (χ4v) is 3.58. The molecule has 0 bridgehead atoms. The number of halogens is 1. The van der Waals surface area contributed by atoms with Crippen molar-refractivity contribution in [2.75, 3.05) is 18.6 Å². The molecule has 0 spiro atoms. The normalized spacial score (nSPS) is 14.6. The maximum Gasteiger partial charge on any atom is 0.335 e. The van der Waals surface area contributed by atoms with E-state index in [0.717, 1.165) is 4.90 Å². The first-order valence-corrected chi connectivity index (χ1v) is 11.1. The number of nitrogens with zero attached hydrogens (tertiary/aromatic N) is 1. The van der Waals surface area contributed by atoms with Crippen LogP contribution in [-0.2, 0) is 16.2 Å². The zero-order valence-corrected chi connectivity index (χ0v) is 19.6. The van der Waals surface area contributed by atoms with Crippen molar-refractivity contribution in [1.82, 2.24) is 5.32 Å². The van der Waals surface area contributed by atoms with Crippen molar-refractivity contribution in [3.8, 4) is 17.2 Å². The second-order valence-electron chi connectivity index (χ2n) is 7.68. The highest BCUT2D eigenvalue weighted by Crippen LogP contribution is 2.31. The monoisotopic (exact) mass is 490 g/mol. The van der Waals surface area contributed by atoms with Gasteiger partial charge in [0, 0.05) is 5.56 Å². The molecule has 3 aromatic rings. The third-order valence-corrected chi connectivity index (χ3v) is 5.35. The van der Waals surface area contributed by atoms with E-state index in [1.807, 2.05) is 6.92 Å². The van der Waals surface area contributed by atoms with E-state index >= 15 is 0 Å². The second-order valence-corrected chi connectivity index (χ2v) is 7.68. The SMILES string of the molecule is CCOc1ccc(N2C(=O)NC(=O)/C(=C\c3ccc(OCc4ccccc4F)c(OC)c3)C2=O)cc1. The number of methoxy groups -OCH3 is 1. The largest absolute Gasteiger partial charge is 0.494 e. The van der Waals surface area contributed by atoms with E-state index in [0.29, 0.717) is 35.0 Å². The Morgan fingerprint density at radius 3 is 2.39 bits per heavy atom. The molecule has 8 nitrogen and oxygen atoms in total. The number of benzene rings is 3. The first-order valence-electron chi connectivity index (χ1n) is 11.1. The first-order chi connectivity index (χ1) is 17.4. The molecule has 0 aromatic heterocycles. The molecule has 0 atom stereocenters. The highest BCUT2D eigenvalue weighted by Gasteiger charge is 2.36. The van der Waals surface area contributed by atoms with Crippen molar-refractivity contribution in [3.05, 3.63) is 89.2 Å². The van der Waals surface area contributed by atoms with Gasteiger partial charge in [-0.3, -0.25) is 14.9 Å². The predicted molar refractivity (Wildman–Crippen MR) is 130 cm³/mol. The fourth-order valence-electron chi connectivity index (χ4n) is 3.58. The van der Waals surface area contributed by atoms with Crippen molar-refractivity contribution in [1.29, 1.82) is 0 Å². The molecule has 4 rings (SSSR count). The van der Waals surface area contributed by atoms with Crippen LogP contribution in [0.5, 0.6) is 17.2 Å². The van der Waals surface area contributed by atoms with Crippen LogP contribution in [0, 0.1) is 5.82 Å². The van der Waals surface area contributed by atoms with Crippen LogP contribution in [-0.4, -0.2) is 31.6 Å². The Morgan fingerprint density at radius 1 is 0.944 bits per heavy atom. The number of amides is 4. The van der Waals surface area contributed by atoms with Crippen molar-refractivity contribution in [2.45, 2.75) is 13.5 Å². The molecule has 9 heteroatoms. The van der Waals surface area contributed by atoms with Crippen LogP contribution in [0.25, 0.3) is 6.08 Å². The van der Waals surface area contributed by atoms with Crippen molar-refractivity contribution >= 4 is 29.6 Å². The minimum absolute atomic E-state index is 0.0104. The molecule has 0 unspecified atom stereocenters. The van der Waals surface area contributed by atoms with Crippen LogP contribution < -0.4 is 24.4 Å². The lowest BCUT2D eigenvalue weighted by Gasteiger charge is -2.26. The highest BCUT2D eigenvalue weighted by atomic mass is 19.1. The number of ether oxygens (including phenoxy) is 3. The number of urea groups is 1. The molecule has 1 fully saturated rings. The number of hydrogen-bond acceptors (Lipinski definition) is 6. The Balaban J connectivity index is 1.58. The van der Waals surface area contributed by atoms with Gasteiger partial charge in [0.1, 0.15) is 23.7 Å². The third kappa shape index (κ3) is 5.20. The summed E-state index contributed by atoms with van der Waals surface area (Å²) in [7, 11) is 1.44. The molecule has 1 aliphatic rings. The van der Waals surface area contributed by atoms with Crippen molar-refractivity contribution < 1.29 is 33.0 Å². The summed E-state index contributed by atoms with van der Waals surface area (Å²) in [6, 6.07) is 16.6. The van der Waals surface area contributed by atoms with E-state index in [4.69, 9.17) is 14.2 Å². The van der Waals surface area contributed by atoms with E-state index in [2.05, 4.69) is 5.32 Å². The van der Waals surface area contributed by atoms with Gasteiger partial charge in [0.25, 0.3) is 11.8 Å². The summed E-state index contributed by atoms with van der Waals surface area (Å²) in [5, 5.41) is 2.19. The lowest BCUT2D eigenvalue weighted by Crippen LogP contribution is -2.54. The Hall–Kier alpha value is -4.66. The Morgan fingerprint density at radius 2 is 1.69 bits per heavy atom. The van der Waals surface area contributed by atoms with Crippen molar-refractivity contribution in [2.24, 2.45) is 0 Å². The molecule has 4 amide bonds. The number of imide groups is 2. The number of carbonyl (C=O) groups is 3. The van der Waals surface area contributed by atoms with Crippen LogP contribution >= 0.6 is 0 Å². The number of nitrogens with one attached hydrogen (secondary N) is 1. The van der Waals surface area contributed by atoms with Crippen LogP contribution in [0.15, 0.2) is 72.3 Å². The van der Waals surface area contributed by atoms with Gasteiger partial charge < -0.3 is 14.2 Å². The minimum Gasteiger partial charge on any atom is -0.494 e. The number of rotatable bonds is 8. The Bertz CT molecular complexity index is 1340. The van der Waals surface area contributed by atoms with Gasteiger partial charge in [0.2, 0.25) is 0 Å². The Kier molecular flexibility index (Phi) is 7.29. The van der Waals surface area contributed by atoms with Crippen LogP contribution in [0.4, 0.5) is 14.9 Å². The lowest BCUT2D eigenvalue weighted by molar-refractivity contribution is -0.122. The predicted octanol–water partition coefficient (Wildman–Crippen LogP) is 4.48. The minimum atomic E-state index is -0.846. The molecular formula is C27H23FN2O6. The summed E-state index contributed by atoms with van der Waals surface area (Å²) in [5.41, 5.74) is 0.901. The maximum atomic E-state index is 13.9. The Labute approximate surface area is 206 Å². The number of carbonyl (C=O) groups excluding carboxylic acids is 3. The van der Waals surface area contributed by atoms with Crippen LogP contribution in [0.3, 0.4) is 0 Å². The average Bonchev–Trinajstić information content (AvgIpc) is 2.87. The van der Waals surface area contributed by atoms with Gasteiger partial charge >= 0.3 is 6.03 Å². The molecular weight excluding hydrogens is 467 g/mol. The van der Waals surface area contributed by atoms with Gasteiger partial charge in [-0.15, -0.1) is 0 Å². The van der Waals surface area contributed by atoms with E-state index in [1.54, 1.807) is 60.7 Å². The summed E-state index contributed by atoms with van der Waals surface area (Å²) in [6.07, 6.45) is 1.36. The molecule has 184 valence electrons. The van der Waals surface area contributed by atoms with E-state index in [1.165, 1.54) is 19.3 Å². The number of anilines is 1. The van der Waals surface area contributed by atoms with Gasteiger partial charge in [-0.1, -0.05) is 24.3 Å². The highest BCUT2D eigenvalue weighted by molar-refractivity contribution is 6.39. The quantitative estimate of drug-likeness (QED) is 0.370. The topological polar surface area (TPSA) is 94.2 Å². The summed E-state index contributed by atoms with van der Waals surface area (Å²) in [4.78, 5) is 38.9. The summed E-state index contributed by atoms with van der Waals surface area (Å²) in [6.45, 7) is 2.30. The van der Waals surface area contributed by atoms with E-state index in [-0.39, 0.29) is 23.7 Å². The van der Waals surface area contributed by atoms with E-state index < -0.39 is 17.8 Å². The zero-order valence-electron chi connectivity index (χ0n) is 19.6.